The van der Waals surface area contributed by atoms with Crippen molar-refractivity contribution in [1.82, 2.24) is 0 Å². The topological polar surface area (TPSA) is 43.4 Å². The van der Waals surface area contributed by atoms with E-state index in [0.717, 1.165) is 53.8 Å². The van der Waals surface area contributed by atoms with E-state index in [-0.39, 0.29) is 18.5 Å². The maximum absolute atomic E-state index is 11.7. The van der Waals surface area contributed by atoms with Crippen molar-refractivity contribution in [3.63, 3.8) is 0 Å². The number of hydrogen-bond donors (Lipinski definition) is 0. The molecule has 200 valence electrons. The zero-order valence-corrected chi connectivity index (χ0v) is 24.0. The van der Waals surface area contributed by atoms with Crippen LogP contribution < -0.4 is 0 Å². The highest BCUT2D eigenvalue weighted by Gasteiger charge is 2.59. The molecule has 0 heterocycles. The van der Waals surface area contributed by atoms with E-state index in [2.05, 4.69) is 47.3 Å². The van der Waals surface area contributed by atoms with Crippen LogP contribution in [0.2, 0.25) is 0 Å². The molecular formula is C31H52O3S. The predicted molar refractivity (Wildman–Crippen MR) is 147 cm³/mol. The Morgan fingerprint density at radius 3 is 2.57 bits per heavy atom. The second kappa shape index (κ2) is 10.6. The molecule has 4 aliphatic carbocycles. The first-order valence-corrected chi connectivity index (χ1v) is 16.4. The molecule has 0 unspecified atom stereocenters. The van der Waals surface area contributed by atoms with Gasteiger partial charge in [0.05, 0.1) is 18.5 Å². The fourth-order valence-corrected chi connectivity index (χ4v) is 9.70. The smallest absolute Gasteiger partial charge is 0.173 e. The van der Waals surface area contributed by atoms with Crippen LogP contribution in [0.3, 0.4) is 0 Å². The number of fused-ring (bicyclic) bond motifs is 5. The normalized spacial score (nSPS) is 39.9. The monoisotopic (exact) mass is 504 g/mol. The Balaban J connectivity index is 1.40. The SMILES string of the molecule is C=CS(=O)(=O)CCO[C@H]1CC[C@@]2(C)C(=CC[C@H]3[C@@H]4CC[C@H]([C@H](C)CCCC(C)C)[C@@]4(C)CC[C@@H]32)C1. The lowest BCUT2D eigenvalue weighted by Gasteiger charge is -2.58. The molecule has 8 atom stereocenters. The second-order valence-electron chi connectivity index (χ2n) is 13.6. The molecule has 4 heteroatoms. The zero-order valence-electron chi connectivity index (χ0n) is 23.2. The molecule has 4 rings (SSSR count). The van der Waals surface area contributed by atoms with Crippen molar-refractivity contribution >= 4 is 9.84 Å². The van der Waals surface area contributed by atoms with Gasteiger partial charge in [0.25, 0.3) is 0 Å². The Hall–Kier alpha value is -0.610. The standard InChI is InChI=1S/C31H52O3S/c1-7-35(32,33)20-19-34-25-15-17-30(5)24(21-25)11-12-26-28-14-13-27(23(4)10-8-9-22(2)3)31(28,6)18-16-29(26)30/h7,11,22-23,25-29H,1,8-10,12-21H2,2-6H3/t23-,25+,26+,27-,28+,29+,30+,31-/m1/s1. The summed E-state index contributed by atoms with van der Waals surface area (Å²) in [6.45, 7) is 16.2. The van der Waals surface area contributed by atoms with Crippen LogP contribution in [0.25, 0.3) is 0 Å². The minimum atomic E-state index is -3.18. The Morgan fingerprint density at radius 1 is 1.09 bits per heavy atom. The van der Waals surface area contributed by atoms with Gasteiger partial charge in [-0.05, 0) is 97.7 Å². The van der Waals surface area contributed by atoms with E-state index >= 15 is 0 Å². The molecule has 0 aromatic carbocycles. The van der Waals surface area contributed by atoms with Gasteiger partial charge in [-0.2, -0.15) is 0 Å². The third-order valence-electron chi connectivity index (χ3n) is 11.2. The lowest BCUT2D eigenvalue weighted by atomic mass is 9.47. The van der Waals surface area contributed by atoms with Crippen LogP contribution in [-0.2, 0) is 14.6 Å². The largest absolute Gasteiger partial charge is 0.377 e. The minimum absolute atomic E-state index is 0.0470. The van der Waals surface area contributed by atoms with Gasteiger partial charge in [-0.3, -0.25) is 0 Å². The van der Waals surface area contributed by atoms with Gasteiger partial charge in [0.15, 0.2) is 9.84 Å². The maximum Gasteiger partial charge on any atom is 0.173 e. The Kier molecular flexibility index (Phi) is 8.33. The lowest BCUT2D eigenvalue weighted by Crippen LogP contribution is -2.51. The molecule has 0 amide bonds. The van der Waals surface area contributed by atoms with Gasteiger partial charge >= 0.3 is 0 Å². The third kappa shape index (κ3) is 5.49. The van der Waals surface area contributed by atoms with Crippen LogP contribution in [0.4, 0.5) is 0 Å². The number of rotatable bonds is 10. The summed E-state index contributed by atoms with van der Waals surface area (Å²) in [5.74, 6) is 5.22. The van der Waals surface area contributed by atoms with E-state index in [4.69, 9.17) is 4.74 Å². The fourth-order valence-electron chi connectivity index (χ4n) is 9.21. The van der Waals surface area contributed by atoms with Crippen molar-refractivity contribution in [3.8, 4) is 0 Å². The quantitative estimate of drug-likeness (QED) is 0.283. The van der Waals surface area contributed by atoms with Crippen LogP contribution >= 0.6 is 0 Å². The van der Waals surface area contributed by atoms with Crippen LogP contribution in [0.1, 0.15) is 105 Å². The highest BCUT2D eigenvalue weighted by Crippen LogP contribution is 2.67. The summed E-state index contributed by atoms with van der Waals surface area (Å²) in [4.78, 5) is 0. The third-order valence-corrected chi connectivity index (χ3v) is 12.5. The summed E-state index contributed by atoms with van der Waals surface area (Å²) < 4.78 is 29.5. The number of ether oxygens (including phenoxy) is 1. The molecule has 0 spiro atoms. The van der Waals surface area contributed by atoms with Crippen molar-refractivity contribution in [2.24, 2.45) is 46.3 Å². The van der Waals surface area contributed by atoms with Crippen molar-refractivity contribution in [3.05, 3.63) is 23.6 Å². The van der Waals surface area contributed by atoms with Crippen molar-refractivity contribution in [1.29, 1.82) is 0 Å². The average molecular weight is 505 g/mol. The summed E-state index contributed by atoms with van der Waals surface area (Å²) in [6, 6.07) is 0. The van der Waals surface area contributed by atoms with Crippen LogP contribution in [-0.4, -0.2) is 26.9 Å². The van der Waals surface area contributed by atoms with E-state index in [1.54, 1.807) is 5.57 Å². The van der Waals surface area contributed by atoms with Crippen LogP contribution in [0, 0.1) is 46.3 Å². The Labute approximate surface area is 216 Å². The van der Waals surface area contributed by atoms with Gasteiger partial charge in [0.1, 0.15) is 0 Å². The average Bonchev–Trinajstić information content (AvgIpc) is 3.16. The second-order valence-corrected chi connectivity index (χ2v) is 15.6. The molecule has 3 nitrogen and oxygen atoms in total. The van der Waals surface area contributed by atoms with Crippen molar-refractivity contribution in [2.75, 3.05) is 12.4 Å². The summed E-state index contributed by atoms with van der Waals surface area (Å²) in [5, 5.41) is 1.05. The van der Waals surface area contributed by atoms with E-state index < -0.39 is 9.84 Å². The molecule has 0 radical (unpaired) electrons. The predicted octanol–water partition coefficient (Wildman–Crippen LogP) is 7.97. The van der Waals surface area contributed by atoms with E-state index in [0.29, 0.717) is 10.8 Å². The summed E-state index contributed by atoms with van der Waals surface area (Å²) in [5.41, 5.74) is 2.47. The van der Waals surface area contributed by atoms with Crippen molar-refractivity contribution < 1.29 is 13.2 Å². The molecule has 0 aromatic heterocycles. The molecule has 35 heavy (non-hydrogen) atoms. The van der Waals surface area contributed by atoms with Gasteiger partial charge in [-0.25, -0.2) is 8.42 Å². The molecule has 0 aromatic rings. The molecule has 0 aliphatic heterocycles. The van der Waals surface area contributed by atoms with Gasteiger partial charge in [0.2, 0.25) is 0 Å². The van der Waals surface area contributed by atoms with E-state index in [1.807, 2.05) is 0 Å². The maximum atomic E-state index is 11.7. The lowest BCUT2D eigenvalue weighted by molar-refractivity contribution is -0.0629. The summed E-state index contributed by atoms with van der Waals surface area (Å²) in [7, 11) is -3.18. The van der Waals surface area contributed by atoms with Crippen LogP contribution in [0.15, 0.2) is 23.6 Å². The number of sulfone groups is 1. The van der Waals surface area contributed by atoms with Gasteiger partial charge in [0, 0.05) is 5.41 Å². The summed E-state index contributed by atoms with van der Waals surface area (Å²) >= 11 is 0. The molecule has 3 saturated carbocycles. The first-order valence-electron chi connectivity index (χ1n) is 14.7. The molecular weight excluding hydrogens is 452 g/mol. The Morgan fingerprint density at radius 2 is 1.86 bits per heavy atom. The number of hydrogen-bond acceptors (Lipinski definition) is 3. The Bertz CT molecular complexity index is 889. The van der Waals surface area contributed by atoms with Gasteiger partial charge in [-0.1, -0.05) is 72.1 Å². The van der Waals surface area contributed by atoms with Gasteiger partial charge in [-0.15, -0.1) is 0 Å². The fraction of sp³-hybridized carbons (Fsp3) is 0.871. The summed E-state index contributed by atoms with van der Waals surface area (Å²) in [6.07, 6.45) is 17.2. The number of allylic oxidation sites excluding steroid dienone is 1. The highest BCUT2D eigenvalue weighted by molar-refractivity contribution is 7.94. The first-order chi connectivity index (χ1) is 16.5. The zero-order chi connectivity index (χ0) is 25.4. The molecule has 0 bridgehead atoms. The minimum Gasteiger partial charge on any atom is -0.377 e. The molecule has 3 fully saturated rings. The molecule has 0 N–H and O–H groups in total. The van der Waals surface area contributed by atoms with Gasteiger partial charge < -0.3 is 4.74 Å². The van der Waals surface area contributed by atoms with Crippen LogP contribution in [0.5, 0.6) is 0 Å². The van der Waals surface area contributed by atoms with Crippen molar-refractivity contribution in [2.45, 2.75) is 111 Å². The molecule has 0 saturated heterocycles. The highest BCUT2D eigenvalue weighted by atomic mass is 32.2. The van der Waals surface area contributed by atoms with E-state index in [1.165, 1.54) is 57.8 Å². The molecule has 4 aliphatic rings. The van der Waals surface area contributed by atoms with E-state index in [9.17, 15) is 8.42 Å². The first kappa shape index (κ1) is 27.4.